The van der Waals surface area contributed by atoms with Gasteiger partial charge in [0.25, 0.3) is 5.56 Å². The first-order valence-corrected chi connectivity index (χ1v) is 7.03. The van der Waals surface area contributed by atoms with Crippen LogP contribution in [0.1, 0.15) is 25.8 Å². The van der Waals surface area contributed by atoms with Crippen LogP contribution >= 0.6 is 0 Å². The summed E-state index contributed by atoms with van der Waals surface area (Å²) < 4.78 is 5.63. The van der Waals surface area contributed by atoms with Gasteiger partial charge in [-0.05, 0) is 38.5 Å². The number of carboxylic acid groups (broad SMARTS) is 1. The van der Waals surface area contributed by atoms with Gasteiger partial charge >= 0.3 is 5.97 Å². The molecular weight excluding hydrogens is 284 g/mol. The van der Waals surface area contributed by atoms with E-state index in [1.165, 1.54) is 0 Å². The summed E-state index contributed by atoms with van der Waals surface area (Å²) in [6, 6.07) is 9.00. The van der Waals surface area contributed by atoms with Crippen molar-refractivity contribution < 1.29 is 14.6 Å². The van der Waals surface area contributed by atoms with Crippen LogP contribution in [-0.2, 0) is 11.2 Å². The zero-order chi connectivity index (χ0) is 16.1. The molecule has 0 spiro atoms. The third kappa shape index (κ3) is 4.18. The summed E-state index contributed by atoms with van der Waals surface area (Å²) in [6.07, 6.45) is 0.135. The van der Waals surface area contributed by atoms with Crippen molar-refractivity contribution >= 4 is 5.97 Å². The minimum Gasteiger partial charge on any atom is -0.491 e. The molecule has 0 unspecified atom stereocenters. The minimum absolute atomic E-state index is 0.0601. The lowest BCUT2D eigenvalue weighted by atomic mass is 10.1. The third-order valence-electron chi connectivity index (χ3n) is 2.99. The summed E-state index contributed by atoms with van der Waals surface area (Å²) in [7, 11) is 0. The van der Waals surface area contributed by atoms with Crippen LogP contribution in [0.5, 0.6) is 5.75 Å². The van der Waals surface area contributed by atoms with Crippen LogP contribution in [-0.4, -0.2) is 27.4 Å². The van der Waals surface area contributed by atoms with Crippen LogP contribution in [0.4, 0.5) is 0 Å². The van der Waals surface area contributed by atoms with E-state index < -0.39 is 5.97 Å². The fraction of sp³-hybridized carbons (Fsp3) is 0.312. The Morgan fingerprint density at radius 1 is 1.36 bits per heavy atom. The molecule has 116 valence electrons. The summed E-state index contributed by atoms with van der Waals surface area (Å²) >= 11 is 0. The van der Waals surface area contributed by atoms with E-state index in [2.05, 4.69) is 10.2 Å². The van der Waals surface area contributed by atoms with Crippen molar-refractivity contribution in [2.45, 2.75) is 32.8 Å². The second kappa shape index (κ2) is 6.89. The maximum atomic E-state index is 11.7. The van der Waals surface area contributed by atoms with E-state index in [1.807, 2.05) is 38.1 Å². The van der Waals surface area contributed by atoms with Crippen molar-refractivity contribution in [3.8, 4) is 17.0 Å². The van der Waals surface area contributed by atoms with Gasteiger partial charge in [-0.2, -0.15) is 5.10 Å². The number of aliphatic carboxylic acids is 1. The predicted molar refractivity (Wildman–Crippen MR) is 82.0 cm³/mol. The topological polar surface area (TPSA) is 92.3 Å². The Kier molecular flexibility index (Phi) is 4.93. The van der Waals surface area contributed by atoms with E-state index in [4.69, 9.17) is 9.84 Å². The molecule has 0 fully saturated rings. The van der Waals surface area contributed by atoms with Gasteiger partial charge in [0.2, 0.25) is 0 Å². The van der Waals surface area contributed by atoms with Crippen molar-refractivity contribution in [3.63, 3.8) is 0 Å². The maximum absolute atomic E-state index is 11.7. The minimum atomic E-state index is -0.940. The molecule has 22 heavy (non-hydrogen) atoms. The number of benzene rings is 1. The third-order valence-corrected chi connectivity index (χ3v) is 2.99. The number of aromatic nitrogens is 2. The molecule has 0 radical (unpaired) electrons. The number of rotatable bonds is 6. The smallest absolute Gasteiger partial charge is 0.303 e. The molecule has 2 rings (SSSR count). The van der Waals surface area contributed by atoms with Crippen LogP contribution in [0.3, 0.4) is 0 Å². The van der Waals surface area contributed by atoms with Gasteiger partial charge in [0, 0.05) is 17.5 Å². The number of aryl methyl sites for hydroxylation is 1. The van der Waals surface area contributed by atoms with Crippen molar-refractivity contribution in [2.75, 3.05) is 0 Å². The highest BCUT2D eigenvalue weighted by atomic mass is 16.5. The number of carbonyl (C=O) groups is 1. The van der Waals surface area contributed by atoms with Crippen LogP contribution < -0.4 is 10.3 Å². The first kappa shape index (κ1) is 15.8. The Bertz CT molecular complexity index is 722. The summed E-state index contributed by atoms with van der Waals surface area (Å²) in [5.74, 6) is -0.224. The molecular formula is C16H18N2O4. The monoisotopic (exact) mass is 302 g/mol. The van der Waals surface area contributed by atoms with Crippen LogP contribution in [0.2, 0.25) is 0 Å². The number of H-pyrrole nitrogens is 1. The normalized spacial score (nSPS) is 10.7. The maximum Gasteiger partial charge on any atom is 0.303 e. The highest BCUT2D eigenvalue weighted by Crippen LogP contribution is 2.22. The number of hydrogen-bond donors (Lipinski definition) is 2. The molecule has 2 aromatic rings. The average molecular weight is 302 g/mol. The molecule has 2 N–H and O–H groups in total. The van der Waals surface area contributed by atoms with E-state index >= 15 is 0 Å². The van der Waals surface area contributed by atoms with Crippen LogP contribution in [0.25, 0.3) is 11.3 Å². The first-order valence-electron chi connectivity index (χ1n) is 7.03. The molecule has 0 aliphatic rings. The molecule has 6 heteroatoms. The largest absolute Gasteiger partial charge is 0.491 e. The van der Waals surface area contributed by atoms with E-state index in [0.29, 0.717) is 17.0 Å². The fourth-order valence-corrected chi connectivity index (χ4v) is 2.02. The predicted octanol–water partition coefficient (Wildman–Crippen LogP) is 2.24. The first-order chi connectivity index (χ1) is 10.5. The lowest BCUT2D eigenvalue weighted by Crippen LogP contribution is -2.15. The molecule has 6 nitrogen and oxygen atoms in total. The second-order valence-corrected chi connectivity index (χ2v) is 5.20. The molecule has 1 aromatic carbocycles. The number of nitrogens with one attached hydrogen (secondary N) is 1. The Hall–Kier alpha value is -2.63. The molecule has 0 saturated carbocycles. The summed E-state index contributed by atoms with van der Waals surface area (Å²) in [5.41, 5.74) is 1.42. The Labute approximate surface area is 127 Å². The lowest BCUT2D eigenvalue weighted by Gasteiger charge is -2.10. The van der Waals surface area contributed by atoms with Crippen LogP contribution in [0, 0.1) is 0 Å². The number of hydrogen-bond acceptors (Lipinski definition) is 4. The lowest BCUT2D eigenvalue weighted by molar-refractivity contribution is -0.136. The highest BCUT2D eigenvalue weighted by molar-refractivity contribution is 5.67. The zero-order valence-electron chi connectivity index (χ0n) is 12.5. The Morgan fingerprint density at radius 2 is 2.14 bits per heavy atom. The van der Waals surface area contributed by atoms with Gasteiger partial charge in [0.05, 0.1) is 11.8 Å². The highest BCUT2D eigenvalue weighted by Gasteiger charge is 2.08. The van der Waals surface area contributed by atoms with E-state index in [1.54, 1.807) is 6.07 Å². The van der Waals surface area contributed by atoms with Gasteiger partial charge in [-0.1, -0.05) is 12.1 Å². The van der Waals surface area contributed by atoms with Crippen molar-refractivity contribution in [3.05, 3.63) is 46.2 Å². The molecule has 0 bridgehead atoms. The number of aromatic amines is 1. The van der Waals surface area contributed by atoms with Crippen LogP contribution in [0.15, 0.2) is 35.1 Å². The van der Waals surface area contributed by atoms with Gasteiger partial charge in [0.1, 0.15) is 5.75 Å². The van der Waals surface area contributed by atoms with E-state index in [-0.39, 0.29) is 24.5 Å². The summed E-state index contributed by atoms with van der Waals surface area (Å²) in [6.45, 7) is 3.88. The fourth-order valence-electron chi connectivity index (χ4n) is 2.02. The Balaban J connectivity index is 2.30. The van der Waals surface area contributed by atoms with Gasteiger partial charge < -0.3 is 9.84 Å². The quantitative estimate of drug-likeness (QED) is 0.853. The zero-order valence-corrected chi connectivity index (χ0v) is 12.5. The molecule has 0 saturated heterocycles. The number of nitrogens with zero attached hydrogens (tertiary/aromatic N) is 1. The van der Waals surface area contributed by atoms with Crippen molar-refractivity contribution in [1.29, 1.82) is 0 Å². The SMILES string of the molecule is CC(C)Oc1cccc(-c2cc(CCC(=O)O)c(=O)[nH]n2)c1. The van der Waals surface area contributed by atoms with Gasteiger partial charge in [0.15, 0.2) is 0 Å². The second-order valence-electron chi connectivity index (χ2n) is 5.20. The number of ether oxygens (including phenoxy) is 1. The average Bonchev–Trinajstić information content (AvgIpc) is 2.46. The van der Waals surface area contributed by atoms with Crippen molar-refractivity contribution in [1.82, 2.24) is 10.2 Å². The molecule has 0 aliphatic carbocycles. The molecule has 1 aromatic heterocycles. The summed E-state index contributed by atoms with van der Waals surface area (Å²) in [4.78, 5) is 22.3. The van der Waals surface area contributed by atoms with Gasteiger partial charge in [-0.3, -0.25) is 9.59 Å². The Morgan fingerprint density at radius 3 is 2.82 bits per heavy atom. The summed E-state index contributed by atoms with van der Waals surface area (Å²) in [5, 5.41) is 15.2. The van der Waals surface area contributed by atoms with Gasteiger partial charge in [-0.15, -0.1) is 0 Å². The van der Waals surface area contributed by atoms with Gasteiger partial charge in [-0.25, -0.2) is 5.10 Å². The van der Waals surface area contributed by atoms with E-state index in [9.17, 15) is 9.59 Å². The molecule has 0 amide bonds. The van der Waals surface area contributed by atoms with E-state index in [0.717, 1.165) is 5.56 Å². The molecule has 0 aliphatic heterocycles. The molecule has 1 heterocycles. The standard InChI is InChI=1S/C16H18N2O4/c1-10(2)22-13-5-3-4-11(8-13)14-9-12(6-7-15(19)20)16(21)18-17-14/h3-5,8-10H,6-7H2,1-2H3,(H,18,21)(H,19,20). The molecule has 0 atom stereocenters. The van der Waals surface area contributed by atoms with Crippen molar-refractivity contribution in [2.24, 2.45) is 0 Å². The number of carboxylic acids is 1.